The Kier molecular flexibility index (Phi) is 6.13. The van der Waals surface area contributed by atoms with E-state index in [9.17, 15) is 13.2 Å². The van der Waals surface area contributed by atoms with Crippen LogP contribution in [0.4, 0.5) is 13.2 Å². The molecule has 1 aromatic heterocycles. The molecule has 1 aliphatic heterocycles. The summed E-state index contributed by atoms with van der Waals surface area (Å²) in [6, 6.07) is 8.41. The number of fused-ring (bicyclic) bond motifs is 1. The highest BCUT2D eigenvalue weighted by molar-refractivity contribution is 5.92. The molecule has 3 nitrogen and oxygen atoms in total. The number of halogens is 3. The van der Waals surface area contributed by atoms with Crippen LogP contribution in [0.2, 0.25) is 0 Å². The van der Waals surface area contributed by atoms with Gasteiger partial charge in [-0.15, -0.1) is 0 Å². The van der Waals surface area contributed by atoms with Crippen molar-refractivity contribution < 1.29 is 17.9 Å². The first-order valence-corrected chi connectivity index (χ1v) is 11.0. The summed E-state index contributed by atoms with van der Waals surface area (Å²) >= 11 is 0. The first kappa shape index (κ1) is 21.9. The fourth-order valence-electron chi connectivity index (χ4n) is 4.55. The minimum Gasteiger partial charge on any atom is -0.377 e. The second-order valence-electron chi connectivity index (χ2n) is 8.70. The monoisotopic (exact) mass is 430 g/mol. The molecule has 1 saturated carbocycles. The maximum Gasteiger partial charge on any atom is 0.150 e. The van der Waals surface area contributed by atoms with Crippen molar-refractivity contribution >= 4 is 10.9 Å². The average molecular weight is 431 g/mol. The quantitative estimate of drug-likeness (QED) is 0.509. The van der Waals surface area contributed by atoms with Crippen LogP contribution in [0, 0.1) is 23.4 Å². The number of ether oxygens (including phenoxy) is 1. The summed E-state index contributed by atoms with van der Waals surface area (Å²) in [5.41, 5.74) is 2.83. The zero-order valence-corrected chi connectivity index (χ0v) is 18.2. The number of hydrogen-bond donors (Lipinski definition) is 2. The lowest BCUT2D eigenvalue weighted by Crippen LogP contribution is -2.59. The molecule has 1 aliphatic carbocycles. The number of nitrogens with one attached hydrogen (secondary N) is 2. The van der Waals surface area contributed by atoms with Gasteiger partial charge in [0.05, 0.1) is 30.0 Å². The Labute approximate surface area is 181 Å². The smallest absolute Gasteiger partial charge is 0.150 e. The number of H-pyrrole nitrogens is 1. The molecule has 5 rings (SSSR count). The lowest BCUT2D eigenvalue weighted by molar-refractivity contribution is -0.0669. The molecule has 2 heterocycles. The van der Waals surface area contributed by atoms with Gasteiger partial charge in [0, 0.05) is 11.5 Å². The summed E-state index contributed by atoms with van der Waals surface area (Å²) in [5, 5.41) is 4.16. The molecule has 2 aliphatic rings. The molecule has 6 heteroatoms. The van der Waals surface area contributed by atoms with Gasteiger partial charge in [0.25, 0.3) is 0 Å². The van der Waals surface area contributed by atoms with Gasteiger partial charge in [-0.1, -0.05) is 13.8 Å². The van der Waals surface area contributed by atoms with E-state index in [-0.39, 0.29) is 17.3 Å². The summed E-state index contributed by atoms with van der Waals surface area (Å²) in [6.45, 7) is 8.54. The van der Waals surface area contributed by atoms with Crippen molar-refractivity contribution in [3.05, 3.63) is 59.4 Å². The molecule has 0 amide bonds. The topological polar surface area (TPSA) is 37.0 Å². The van der Waals surface area contributed by atoms with Crippen molar-refractivity contribution in [2.75, 3.05) is 19.8 Å². The highest BCUT2D eigenvalue weighted by Crippen LogP contribution is 2.48. The molecule has 2 aromatic carbocycles. The Balaban J connectivity index is 0.00000112. The SMILES string of the molecule is CC.CC1(NCC2CC(c3c(-c4ccc(F)cc4)[nH]c4c(F)cc(F)cc34)C2)COC1. The Bertz CT molecular complexity index is 1050. The first-order chi connectivity index (χ1) is 14.9. The van der Waals surface area contributed by atoms with Crippen LogP contribution >= 0.6 is 0 Å². The second-order valence-corrected chi connectivity index (χ2v) is 8.70. The molecular weight excluding hydrogens is 401 g/mol. The molecule has 0 spiro atoms. The Hall–Kier alpha value is -2.31. The third-order valence-corrected chi connectivity index (χ3v) is 6.30. The molecule has 166 valence electrons. The predicted molar refractivity (Wildman–Crippen MR) is 118 cm³/mol. The molecule has 1 saturated heterocycles. The van der Waals surface area contributed by atoms with Crippen LogP contribution in [-0.2, 0) is 4.74 Å². The lowest BCUT2D eigenvalue weighted by Gasteiger charge is -2.43. The summed E-state index contributed by atoms with van der Waals surface area (Å²) in [5.74, 6) is -0.794. The van der Waals surface area contributed by atoms with Crippen molar-refractivity contribution in [2.24, 2.45) is 5.92 Å². The Morgan fingerprint density at radius 3 is 2.32 bits per heavy atom. The Morgan fingerprint density at radius 2 is 1.71 bits per heavy atom. The van der Waals surface area contributed by atoms with Crippen LogP contribution in [0.15, 0.2) is 36.4 Å². The van der Waals surface area contributed by atoms with Gasteiger partial charge in [0.2, 0.25) is 0 Å². The molecule has 0 bridgehead atoms. The molecule has 2 fully saturated rings. The molecule has 0 unspecified atom stereocenters. The van der Waals surface area contributed by atoms with Gasteiger partial charge in [-0.3, -0.25) is 0 Å². The van der Waals surface area contributed by atoms with E-state index < -0.39 is 11.6 Å². The van der Waals surface area contributed by atoms with E-state index in [4.69, 9.17) is 4.74 Å². The maximum absolute atomic E-state index is 14.4. The fourth-order valence-corrected chi connectivity index (χ4v) is 4.55. The third-order valence-electron chi connectivity index (χ3n) is 6.30. The van der Waals surface area contributed by atoms with E-state index in [0.717, 1.165) is 55.5 Å². The van der Waals surface area contributed by atoms with E-state index in [2.05, 4.69) is 17.2 Å². The van der Waals surface area contributed by atoms with Crippen LogP contribution in [0.3, 0.4) is 0 Å². The van der Waals surface area contributed by atoms with Crippen LogP contribution in [-0.4, -0.2) is 30.3 Å². The largest absolute Gasteiger partial charge is 0.377 e. The number of aromatic amines is 1. The molecule has 2 N–H and O–H groups in total. The van der Waals surface area contributed by atoms with Crippen LogP contribution in [0.25, 0.3) is 22.2 Å². The van der Waals surface area contributed by atoms with Gasteiger partial charge in [-0.2, -0.15) is 0 Å². The van der Waals surface area contributed by atoms with E-state index in [1.807, 2.05) is 13.8 Å². The van der Waals surface area contributed by atoms with E-state index in [1.54, 1.807) is 12.1 Å². The van der Waals surface area contributed by atoms with E-state index >= 15 is 0 Å². The van der Waals surface area contributed by atoms with Gasteiger partial charge < -0.3 is 15.0 Å². The number of aromatic nitrogens is 1. The fraction of sp³-hybridized carbons (Fsp3) is 0.440. The summed E-state index contributed by atoms with van der Waals surface area (Å²) in [7, 11) is 0. The van der Waals surface area contributed by atoms with Gasteiger partial charge in [-0.25, -0.2) is 13.2 Å². The summed E-state index contributed by atoms with van der Waals surface area (Å²) < 4.78 is 47.1. The molecule has 0 atom stereocenters. The summed E-state index contributed by atoms with van der Waals surface area (Å²) in [4.78, 5) is 3.14. The van der Waals surface area contributed by atoms with E-state index in [0.29, 0.717) is 16.8 Å². The van der Waals surface area contributed by atoms with Crippen molar-refractivity contribution in [2.45, 2.75) is 45.1 Å². The molecule has 3 aromatic rings. The number of hydrogen-bond acceptors (Lipinski definition) is 2. The van der Waals surface area contributed by atoms with Gasteiger partial charge in [0.15, 0.2) is 0 Å². The first-order valence-electron chi connectivity index (χ1n) is 11.0. The van der Waals surface area contributed by atoms with Crippen LogP contribution in [0.5, 0.6) is 0 Å². The van der Waals surface area contributed by atoms with Gasteiger partial charge >= 0.3 is 0 Å². The van der Waals surface area contributed by atoms with Crippen molar-refractivity contribution in [1.29, 1.82) is 0 Å². The minimum atomic E-state index is -0.606. The van der Waals surface area contributed by atoms with Gasteiger partial charge in [-0.05, 0) is 79.6 Å². The number of benzene rings is 2. The number of rotatable bonds is 5. The predicted octanol–water partition coefficient (Wildman–Crippen LogP) is 6.15. The normalized spacial score (nSPS) is 21.7. The van der Waals surface area contributed by atoms with E-state index in [1.165, 1.54) is 18.2 Å². The zero-order valence-electron chi connectivity index (χ0n) is 18.2. The zero-order chi connectivity index (χ0) is 22.2. The van der Waals surface area contributed by atoms with Gasteiger partial charge in [0.1, 0.15) is 17.5 Å². The molecular formula is C25H29F3N2O. The van der Waals surface area contributed by atoms with Crippen LogP contribution in [0.1, 0.15) is 45.1 Å². The minimum absolute atomic E-state index is 0.0669. The highest BCUT2D eigenvalue weighted by atomic mass is 19.1. The van der Waals surface area contributed by atoms with Crippen molar-refractivity contribution in [3.8, 4) is 11.3 Å². The van der Waals surface area contributed by atoms with Crippen LogP contribution < -0.4 is 5.32 Å². The maximum atomic E-state index is 14.4. The second kappa shape index (κ2) is 8.67. The lowest BCUT2D eigenvalue weighted by atomic mass is 9.70. The highest BCUT2D eigenvalue weighted by Gasteiger charge is 2.38. The van der Waals surface area contributed by atoms with Crippen molar-refractivity contribution in [3.63, 3.8) is 0 Å². The average Bonchev–Trinajstić information content (AvgIpc) is 3.07. The molecule has 31 heavy (non-hydrogen) atoms. The third kappa shape index (κ3) is 4.23. The summed E-state index contributed by atoms with van der Waals surface area (Å²) in [6.07, 6.45) is 1.90. The molecule has 0 radical (unpaired) electrons. The van der Waals surface area contributed by atoms with Crippen molar-refractivity contribution in [1.82, 2.24) is 10.3 Å². The Morgan fingerprint density at radius 1 is 1.03 bits per heavy atom. The standard InChI is InChI=1S/C23H23F3N2O.C2H6/c1-23(11-29-12-23)27-10-13-6-15(7-13)20-18-8-17(25)9-19(26)22(18)28-21(20)14-2-4-16(24)5-3-14;1-2/h2-5,8-9,13,15,27-28H,6-7,10-12H2,1H3;1-2H3.